The molecule has 2 aromatic heterocycles. The molecule has 0 spiro atoms. The molecule has 0 aliphatic carbocycles. The van der Waals surface area contributed by atoms with Crippen molar-refractivity contribution in [2.24, 2.45) is 0 Å². The highest BCUT2D eigenvalue weighted by Gasteiger charge is 1.95. The molecular formula is C7H5IN2. The number of halogens is 1. The van der Waals surface area contributed by atoms with Crippen LogP contribution in [-0.2, 0) is 0 Å². The first-order valence-corrected chi connectivity index (χ1v) is 4.03. The average Bonchev–Trinajstić information content (AvgIpc) is 2.36. The Hall–Kier alpha value is -0.580. The minimum absolute atomic E-state index is 1.03. The number of pyridine rings is 1. The third kappa shape index (κ3) is 0.811. The Balaban J connectivity index is 2.95. The summed E-state index contributed by atoms with van der Waals surface area (Å²) < 4.78 is 3.19. The molecule has 0 radical (unpaired) electrons. The Kier molecular flexibility index (Phi) is 1.37. The Bertz CT molecular complexity index is 353. The van der Waals surface area contributed by atoms with Crippen molar-refractivity contribution in [2.45, 2.75) is 0 Å². The van der Waals surface area contributed by atoms with Gasteiger partial charge in [-0.25, -0.2) is 4.98 Å². The van der Waals surface area contributed by atoms with Crippen LogP contribution in [0.5, 0.6) is 0 Å². The molecule has 2 nitrogen and oxygen atoms in total. The van der Waals surface area contributed by atoms with Crippen molar-refractivity contribution in [1.82, 2.24) is 9.38 Å². The molecule has 2 heterocycles. The molecule has 0 aromatic carbocycles. The van der Waals surface area contributed by atoms with Gasteiger partial charge < -0.3 is 4.40 Å². The standard InChI is InChI=1S/C7H5IN2/c8-6-2-1-4-10-5-3-9-7(6)10/h1-5H. The van der Waals surface area contributed by atoms with Crippen LogP contribution < -0.4 is 0 Å². The molecule has 0 saturated carbocycles. The number of hydrogen-bond donors (Lipinski definition) is 0. The predicted molar refractivity (Wildman–Crippen MR) is 47.9 cm³/mol. The van der Waals surface area contributed by atoms with Gasteiger partial charge in [-0.15, -0.1) is 0 Å². The van der Waals surface area contributed by atoms with Crippen molar-refractivity contribution in [3.8, 4) is 0 Å². The molecule has 0 fully saturated rings. The van der Waals surface area contributed by atoms with Crippen molar-refractivity contribution < 1.29 is 0 Å². The normalized spacial score (nSPS) is 10.5. The minimum Gasteiger partial charge on any atom is -0.306 e. The van der Waals surface area contributed by atoms with E-state index in [0.717, 1.165) is 5.65 Å². The van der Waals surface area contributed by atoms with Gasteiger partial charge in [0.05, 0.1) is 3.57 Å². The monoisotopic (exact) mass is 244 g/mol. The Morgan fingerprint density at radius 1 is 1.40 bits per heavy atom. The predicted octanol–water partition coefficient (Wildman–Crippen LogP) is 1.94. The second kappa shape index (κ2) is 2.23. The second-order valence-corrected chi connectivity index (χ2v) is 3.18. The summed E-state index contributed by atoms with van der Waals surface area (Å²) in [6.45, 7) is 0. The number of aromatic nitrogens is 2. The molecular weight excluding hydrogens is 239 g/mol. The Morgan fingerprint density at radius 3 is 3.10 bits per heavy atom. The molecule has 50 valence electrons. The summed E-state index contributed by atoms with van der Waals surface area (Å²) >= 11 is 2.27. The Morgan fingerprint density at radius 2 is 2.30 bits per heavy atom. The summed E-state index contributed by atoms with van der Waals surface area (Å²) in [4.78, 5) is 4.17. The lowest BCUT2D eigenvalue weighted by Gasteiger charge is -1.92. The molecule has 10 heavy (non-hydrogen) atoms. The quantitative estimate of drug-likeness (QED) is 0.647. The van der Waals surface area contributed by atoms with E-state index in [1.165, 1.54) is 3.57 Å². The maximum atomic E-state index is 4.17. The summed E-state index contributed by atoms with van der Waals surface area (Å²) in [5, 5.41) is 0. The van der Waals surface area contributed by atoms with Gasteiger partial charge in [-0.1, -0.05) is 0 Å². The van der Waals surface area contributed by atoms with E-state index < -0.39 is 0 Å². The molecule has 0 atom stereocenters. The van der Waals surface area contributed by atoms with Gasteiger partial charge in [0, 0.05) is 18.6 Å². The van der Waals surface area contributed by atoms with E-state index in [2.05, 4.69) is 27.6 Å². The minimum atomic E-state index is 1.03. The molecule has 2 aromatic rings. The van der Waals surface area contributed by atoms with Crippen LogP contribution in [0, 0.1) is 3.57 Å². The fourth-order valence-corrected chi connectivity index (χ4v) is 1.54. The van der Waals surface area contributed by atoms with Crippen molar-refractivity contribution >= 4 is 28.2 Å². The zero-order valence-corrected chi connectivity index (χ0v) is 7.32. The number of rotatable bonds is 0. The van der Waals surface area contributed by atoms with Crippen molar-refractivity contribution in [1.29, 1.82) is 0 Å². The largest absolute Gasteiger partial charge is 0.306 e. The number of imidazole rings is 1. The third-order valence-electron chi connectivity index (χ3n) is 1.37. The van der Waals surface area contributed by atoms with E-state index in [-0.39, 0.29) is 0 Å². The zero-order valence-electron chi connectivity index (χ0n) is 5.16. The Labute approximate surface area is 72.0 Å². The molecule has 0 unspecified atom stereocenters. The van der Waals surface area contributed by atoms with Crippen LogP contribution in [0.4, 0.5) is 0 Å². The van der Waals surface area contributed by atoms with E-state index in [9.17, 15) is 0 Å². The van der Waals surface area contributed by atoms with Gasteiger partial charge in [0.2, 0.25) is 0 Å². The van der Waals surface area contributed by atoms with Crippen LogP contribution in [-0.4, -0.2) is 9.38 Å². The van der Waals surface area contributed by atoms with Crippen LogP contribution in [0.1, 0.15) is 0 Å². The van der Waals surface area contributed by atoms with Crippen LogP contribution >= 0.6 is 22.6 Å². The van der Waals surface area contributed by atoms with Crippen molar-refractivity contribution in [3.05, 3.63) is 34.3 Å². The lowest BCUT2D eigenvalue weighted by atomic mass is 10.5. The molecule has 3 heteroatoms. The fraction of sp³-hybridized carbons (Fsp3) is 0. The lowest BCUT2D eigenvalue weighted by Crippen LogP contribution is -1.83. The molecule has 0 saturated heterocycles. The van der Waals surface area contributed by atoms with Crippen LogP contribution in [0.15, 0.2) is 30.7 Å². The summed E-state index contributed by atoms with van der Waals surface area (Å²) in [7, 11) is 0. The van der Waals surface area contributed by atoms with Gasteiger partial charge in [-0.2, -0.15) is 0 Å². The van der Waals surface area contributed by atoms with Gasteiger partial charge >= 0.3 is 0 Å². The van der Waals surface area contributed by atoms with Gasteiger partial charge in [-0.3, -0.25) is 0 Å². The number of nitrogens with zero attached hydrogens (tertiary/aromatic N) is 2. The third-order valence-corrected chi connectivity index (χ3v) is 2.21. The summed E-state index contributed by atoms with van der Waals surface area (Å²) in [5.41, 5.74) is 1.03. The summed E-state index contributed by atoms with van der Waals surface area (Å²) in [6.07, 6.45) is 5.74. The second-order valence-electron chi connectivity index (χ2n) is 2.01. The molecule has 0 bridgehead atoms. The number of hydrogen-bond acceptors (Lipinski definition) is 1. The maximum Gasteiger partial charge on any atom is 0.150 e. The highest BCUT2D eigenvalue weighted by molar-refractivity contribution is 14.1. The van der Waals surface area contributed by atoms with Crippen LogP contribution in [0.2, 0.25) is 0 Å². The topological polar surface area (TPSA) is 17.3 Å². The first-order chi connectivity index (χ1) is 4.88. The van der Waals surface area contributed by atoms with Crippen LogP contribution in [0.25, 0.3) is 5.65 Å². The highest BCUT2D eigenvalue weighted by Crippen LogP contribution is 2.09. The van der Waals surface area contributed by atoms with Crippen LogP contribution in [0.3, 0.4) is 0 Å². The van der Waals surface area contributed by atoms with Gasteiger partial charge in [0.1, 0.15) is 5.65 Å². The van der Waals surface area contributed by atoms with Crippen molar-refractivity contribution in [3.63, 3.8) is 0 Å². The van der Waals surface area contributed by atoms with E-state index in [1.807, 2.05) is 28.9 Å². The first-order valence-electron chi connectivity index (χ1n) is 2.95. The summed E-state index contributed by atoms with van der Waals surface area (Å²) in [6, 6.07) is 4.05. The first kappa shape index (κ1) is 6.15. The average molecular weight is 244 g/mol. The molecule has 0 aliphatic rings. The maximum absolute atomic E-state index is 4.17. The smallest absolute Gasteiger partial charge is 0.150 e. The number of fused-ring (bicyclic) bond motifs is 1. The SMILES string of the molecule is Ic1cccn2ccnc12. The highest BCUT2D eigenvalue weighted by atomic mass is 127. The van der Waals surface area contributed by atoms with Gasteiger partial charge in [-0.05, 0) is 34.7 Å². The van der Waals surface area contributed by atoms with E-state index in [0.29, 0.717) is 0 Å². The van der Waals surface area contributed by atoms with E-state index in [4.69, 9.17) is 0 Å². The molecule has 0 amide bonds. The lowest BCUT2D eigenvalue weighted by molar-refractivity contribution is 1.18. The van der Waals surface area contributed by atoms with Gasteiger partial charge in [0.15, 0.2) is 0 Å². The van der Waals surface area contributed by atoms with Crippen molar-refractivity contribution in [2.75, 3.05) is 0 Å². The van der Waals surface area contributed by atoms with E-state index >= 15 is 0 Å². The summed E-state index contributed by atoms with van der Waals surface area (Å²) in [5.74, 6) is 0. The molecule has 2 rings (SSSR count). The molecule has 0 aliphatic heterocycles. The zero-order chi connectivity index (χ0) is 6.97. The van der Waals surface area contributed by atoms with Gasteiger partial charge in [0.25, 0.3) is 0 Å². The fourth-order valence-electron chi connectivity index (χ4n) is 0.913. The van der Waals surface area contributed by atoms with E-state index in [1.54, 1.807) is 6.20 Å². The molecule has 0 N–H and O–H groups in total.